The van der Waals surface area contributed by atoms with Crippen molar-refractivity contribution in [3.8, 4) is 11.5 Å². The van der Waals surface area contributed by atoms with Crippen molar-refractivity contribution in [3.05, 3.63) is 23.3 Å². The molecule has 0 bridgehead atoms. The van der Waals surface area contributed by atoms with Crippen molar-refractivity contribution in [1.29, 1.82) is 0 Å². The van der Waals surface area contributed by atoms with Crippen LogP contribution < -0.4 is 4.74 Å². The second-order valence-electron chi connectivity index (χ2n) is 4.46. The van der Waals surface area contributed by atoms with Crippen LogP contribution in [0.3, 0.4) is 0 Å². The molecule has 0 unspecified atom stereocenters. The fraction of sp³-hybridized carbons (Fsp3) is 0.417. The zero-order chi connectivity index (χ0) is 11.1. The molecule has 0 saturated carbocycles. The number of phenolic OH excluding ortho intramolecular Hbond substituents is 1. The lowest BCUT2D eigenvalue weighted by Crippen LogP contribution is -2.32. The maximum absolute atomic E-state index is 10.6. The molecule has 80 valence electrons. The Morgan fingerprint density at radius 2 is 2.20 bits per heavy atom. The van der Waals surface area contributed by atoms with Crippen LogP contribution in [0, 0.1) is 0 Å². The maximum atomic E-state index is 10.6. The van der Waals surface area contributed by atoms with Gasteiger partial charge in [-0.05, 0) is 38.8 Å². The van der Waals surface area contributed by atoms with Gasteiger partial charge in [-0.1, -0.05) is 0 Å². The average molecular weight is 206 g/mol. The van der Waals surface area contributed by atoms with Gasteiger partial charge in [-0.2, -0.15) is 0 Å². The number of hydrogen-bond acceptors (Lipinski definition) is 3. The van der Waals surface area contributed by atoms with Crippen LogP contribution in [0.5, 0.6) is 11.5 Å². The highest BCUT2D eigenvalue weighted by molar-refractivity contribution is 5.81. The average Bonchev–Trinajstić information content (AvgIpc) is 2.16. The first-order valence-electron chi connectivity index (χ1n) is 5.02. The number of rotatable bonds is 1. The van der Waals surface area contributed by atoms with Crippen LogP contribution in [-0.2, 0) is 6.42 Å². The van der Waals surface area contributed by atoms with Crippen LogP contribution in [0.1, 0.15) is 36.2 Å². The van der Waals surface area contributed by atoms with Crippen molar-refractivity contribution in [3.63, 3.8) is 0 Å². The molecule has 2 rings (SSSR count). The van der Waals surface area contributed by atoms with Gasteiger partial charge in [-0.15, -0.1) is 0 Å². The van der Waals surface area contributed by atoms with E-state index in [1.165, 1.54) is 0 Å². The number of benzene rings is 1. The second kappa shape index (κ2) is 3.26. The lowest BCUT2D eigenvalue weighted by atomic mass is 9.93. The summed E-state index contributed by atoms with van der Waals surface area (Å²) < 4.78 is 5.72. The summed E-state index contributed by atoms with van der Waals surface area (Å²) in [6, 6.07) is 3.34. The third kappa shape index (κ3) is 1.69. The highest BCUT2D eigenvalue weighted by Crippen LogP contribution is 2.39. The number of hydrogen-bond donors (Lipinski definition) is 1. The van der Waals surface area contributed by atoms with Gasteiger partial charge >= 0.3 is 0 Å². The number of fused-ring (bicyclic) bond motifs is 1. The Morgan fingerprint density at radius 1 is 1.47 bits per heavy atom. The van der Waals surface area contributed by atoms with E-state index in [4.69, 9.17) is 4.74 Å². The van der Waals surface area contributed by atoms with E-state index in [2.05, 4.69) is 0 Å². The first-order valence-corrected chi connectivity index (χ1v) is 5.02. The Bertz CT molecular complexity index is 408. The van der Waals surface area contributed by atoms with Crippen LogP contribution in [0.4, 0.5) is 0 Å². The number of aromatic hydroxyl groups is 1. The van der Waals surface area contributed by atoms with E-state index in [0.717, 1.165) is 18.4 Å². The highest BCUT2D eigenvalue weighted by atomic mass is 16.5. The summed E-state index contributed by atoms with van der Waals surface area (Å²) in [7, 11) is 0. The topological polar surface area (TPSA) is 46.5 Å². The Hall–Kier alpha value is -1.51. The highest BCUT2D eigenvalue weighted by Gasteiger charge is 2.28. The molecule has 15 heavy (non-hydrogen) atoms. The standard InChI is InChI=1S/C12H14O3/c1-12(2)6-5-9-10(15-12)4-3-8(7-13)11(9)14/h3-4,7,14H,5-6H2,1-2H3. The zero-order valence-corrected chi connectivity index (χ0v) is 8.91. The van der Waals surface area contributed by atoms with Crippen molar-refractivity contribution < 1.29 is 14.6 Å². The molecule has 1 aromatic carbocycles. The molecule has 0 amide bonds. The van der Waals surface area contributed by atoms with Crippen molar-refractivity contribution in [1.82, 2.24) is 0 Å². The largest absolute Gasteiger partial charge is 0.507 e. The summed E-state index contributed by atoms with van der Waals surface area (Å²) >= 11 is 0. The Kier molecular flexibility index (Phi) is 2.18. The van der Waals surface area contributed by atoms with E-state index in [0.29, 0.717) is 17.6 Å². The summed E-state index contributed by atoms with van der Waals surface area (Å²) in [5, 5.41) is 9.79. The summed E-state index contributed by atoms with van der Waals surface area (Å²) in [6.07, 6.45) is 2.25. The van der Waals surface area contributed by atoms with Crippen LogP contribution in [0.15, 0.2) is 12.1 Å². The van der Waals surface area contributed by atoms with Crippen molar-refractivity contribution in [2.45, 2.75) is 32.3 Å². The van der Waals surface area contributed by atoms with Crippen LogP contribution in [0.25, 0.3) is 0 Å². The number of aldehydes is 1. The van der Waals surface area contributed by atoms with Crippen molar-refractivity contribution >= 4 is 6.29 Å². The van der Waals surface area contributed by atoms with E-state index >= 15 is 0 Å². The molecule has 1 N–H and O–H groups in total. The number of phenols is 1. The minimum Gasteiger partial charge on any atom is -0.507 e. The first kappa shape index (κ1) is 10.0. The van der Waals surface area contributed by atoms with E-state index < -0.39 is 0 Å². The van der Waals surface area contributed by atoms with Crippen LogP contribution >= 0.6 is 0 Å². The van der Waals surface area contributed by atoms with Crippen molar-refractivity contribution in [2.24, 2.45) is 0 Å². The van der Waals surface area contributed by atoms with Gasteiger partial charge in [0.2, 0.25) is 0 Å². The molecule has 1 aliphatic heterocycles. The minimum atomic E-state index is -0.192. The van der Waals surface area contributed by atoms with Gasteiger partial charge in [0, 0.05) is 5.56 Å². The number of ether oxygens (including phenoxy) is 1. The monoisotopic (exact) mass is 206 g/mol. The molecule has 3 nitrogen and oxygen atoms in total. The van der Waals surface area contributed by atoms with Gasteiger partial charge in [0.1, 0.15) is 17.1 Å². The summed E-state index contributed by atoms with van der Waals surface area (Å²) in [5.74, 6) is 0.757. The molecule has 0 saturated heterocycles. The predicted molar refractivity (Wildman–Crippen MR) is 56.5 cm³/mol. The third-order valence-electron chi connectivity index (χ3n) is 2.76. The van der Waals surface area contributed by atoms with Gasteiger partial charge in [-0.3, -0.25) is 4.79 Å². The molecule has 0 aliphatic carbocycles. The smallest absolute Gasteiger partial charge is 0.153 e. The molecular weight excluding hydrogens is 192 g/mol. The van der Waals surface area contributed by atoms with E-state index in [1.54, 1.807) is 12.1 Å². The molecule has 1 aliphatic rings. The fourth-order valence-corrected chi connectivity index (χ4v) is 1.84. The van der Waals surface area contributed by atoms with Gasteiger partial charge in [0.05, 0.1) is 5.56 Å². The molecule has 3 heteroatoms. The normalized spacial score (nSPS) is 17.7. The molecule has 1 aromatic rings. The van der Waals surface area contributed by atoms with Gasteiger partial charge in [0.15, 0.2) is 6.29 Å². The molecule has 0 fully saturated rings. The van der Waals surface area contributed by atoms with E-state index in [-0.39, 0.29) is 11.4 Å². The van der Waals surface area contributed by atoms with Gasteiger partial charge in [-0.25, -0.2) is 0 Å². The number of carbonyl (C=O) groups is 1. The summed E-state index contributed by atoms with van der Waals surface area (Å²) in [4.78, 5) is 10.6. The van der Waals surface area contributed by atoms with E-state index in [9.17, 15) is 9.90 Å². The maximum Gasteiger partial charge on any atom is 0.153 e. The number of carbonyl (C=O) groups excluding carboxylic acids is 1. The first-order chi connectivity index (χ1) is 7.03. The van der Waals surface area contributed by atoms with Gasteiger partial charge < -0.3 is 9.84 Å². The quantitative estimate of drug-likeness (QED) is 0.717. The fourth-order valence-electron chi connectivity index (χ4n) is 1.84. The molecule has 0 radical (unpaired) electrons. The summed E-state index contributed by atoms with van der Waals surface area (Å²) in [5.41, 5.74) is 0.887. The minimum absolute atomic E-state index is 0.0676. The van der Waals surface area contributed by atoms with Crippen LogP contribution in [-0.4, -0.2) is 17.0 Å². The summed E-state index contributed by atoms with van der Waals surface area (Å²) in [6.45, 7) is 4.03. The van der Waals surface area contributed by atoms with Crippen molar-refractivity contribution in [2.75, 3.05) is 0 Å². The van der Waals surface area contributed by atoms with Crippen LogP contribution in [0.2, 0.25) is 0 Å². The lowest BCUT2D eigenvalue weighted by molar-refractivity contribution is 0.0836. The lowest BCUT2D eigenvalue weighted by Gasteiger charge is -2.32. The van der Waals surface area contributed by atoms with Gasteiger partial charge in [0.25, 0.3) is 0 Å². The molecule has 1 heterocycles. The van der Waals surface area contributed by atoms with E-state index in [1.807, 2.05) is 13.8 Å². The SMILES string of the molecule is CC1(C)CCc2c(ccc(C=O)c2O)O1. The third-order valence-corrected chi connectivity index (χ3v) is 2.76. The molecule has 0 atom stereocenters. The molecule has 0 aromatic heterocycles. The zero-order valence-electron chi connectivity index (χ0n) is 8.91. The Labute approximate surface area is 88.7 Å². The molecule has 0 spiro atoms. The Balaban J connectivity index is 2.48. The Morgan fingerprint density at radius 3 is 2.87 bits per heavy atom. The second-order valence-corrected chi connectivity index (χ2v) is 4.46. The predicted octanol–water partition coefficient (Wildman–Crippen LogP) is 2.31. The molecular formula is C12H14O3.